The molecule has 2 heterocycles. The molecule has 188 valence electrons. The smallest absolute Gasteiger partial charge is 0.270 e. The molecule has 1 aliphatic heterocycles. The van der Waals surface area contributed by atoms with Crippen molar-refractivity contribution in [1.82, 2.24) is 9.47 Å². The van der Waals surface area contributed by atoms with E-state index in [4.69, 9.17) is 35.4 Å². The Morgan fingerprint density at radius 1 is 1.08 bits per heavy atom. The van der Waals surface area contributed by atoms with Gasteiger partial charge in [0.15, 0.2) is 0 Å². The lowest BCUT2D eigenvalue weighted by atomic mass is 10.0. The minimum atomic E-state index is -0.396. The summed E-state index contributed by atoms with van der Waals surface area (Å²) in [6.45, 7) is 4.45. The molecule has 0 unspecified atom stereocenters. The van der Waals surface area contributed by atoms with Crippen molar-refractivity contribution < 1.29 is 4.79 Å². The molecule has 1 aliphatic rings. The van der Waals surface area contributed by atoms with Crippen LogP contribution in [-0.4, -0.2) is 19.7 Å². The van der Waals surface area contributed by atoms with E-state index in [2.05, 4.69) is 5.32 Å². The highest BCUT2D eigenvalue weighted by Crippen LogP contribution is 2.36. The molecule has 3 aromatic rings. The molecule has 0 radical (unpaired) electrons. The average molecular weight is 570 g/mol. The summed E-state index contributed by atoms with van der Waals surface area (Å²) >= 11 is 19.3. The van der Waals surface area contributed by atoms with Crippen LogP contribution in [0.25, 0.3) is 6.08 Å². The number of nitrogens with one attached hydrogen (secondary N) is 1. The number of thioether (sulfide) groups is 1. The Labute approximate surface area is 234 Å². The predicted octanol–water partition coefficient (Wildman–Crippen LogP) is 6.37. The van der Waals surface area contributed by atoms with Crippen LogP contribution in [0, 0.1) is 18.3 Å². The van der Waals surface area contributed by atoms with Crippen LogP contribution < -0.4 is 10.9 Å². The number of pyridine rings is 1. The van der Waals surface area contributed by atoms with E-state index in [0.29, 0.717) is 49.3 Å². The van der Waals surface area contributed by atoms with Crippen LogP contribution >= 0.6 is 47.2 Å². The van der Waals surface area contributed by atoms with Gasteiger partial charge in [-0.15, -0.1) is 0 Å². The van der Waals surface area contributed by atoms with E-state index in [-0.39, 0.29) is 18.0 Å². The Kier molecular flexibility index (Phi) is 8.40. The van der Waals surface area contributed by atoms with Gasteiger partial charge < -0.3 is 5.32 Å². The molecule has 1 saturated heterocycles. The van der Waals surface area contributed by atoms with Gasteiger partial charge in [0.2, 0.25) is 0 Å². The molecule has 4 rings (SSSR count). The standard InChI is InChI=1S/C27H22Cl2N4O2S2/c1-3-32-24(31-14-17-8-4-6-10-21(17)28)19(16(2)20(13-30)25(32)34)12-23-26(35)33(27(36)37-23)15-18-9-5-7-11-22(18)29/h4-12,31H,3,14-15H2,1-2H3/b23-12+. The van der Waals surface area contributed by atoms with Crippen molar-refractivity contribution in [1.29, 1.82) is 5.26 Å². The minimum Gasteiger partial charge on any atom is -0.367 e. The first-order valence-corrected chi connectivity index (χ1v) is 13.4. The highest BCUT2D eigenvalue weighted by molar-refractivity contribution is 8.26. The zero-order valence-electron chi connectivity index (χ0n) is 20.0. The van der Waals surface area contributed by atoms with Crippen LogP contribution in [0.2, 0.25) is 10.0 Å². The van der Waals surface area contributed by atoms with E-state index in [1.807, 2.05) is 49.4 Å². The van der Waals surface area contributed by atoms with Crippen molar-refractivity contribution in [3.8, 4) is 6.07 Å². The van der Waals surface area contributed by atoms with Gasteiger partial charge in [0, 0.05) is 28.7 Å². The van der Waals surface area contributed by atoms with Gasteiger partial charge in [-0.3, -0.25) is 19.1 Å². The van der Waals surface area contributed by atoms with Crippen molar-refractivity contribution in [3.05, 3.63) is 102 Å². The zero-order chi connectivity index (χ0) is 26.7. The van der Waals surface area contributed by atoms with Crippen LogP contribution in [0.15, 0.2) is 58.2 Å². The first-order valence-electron chi connectivity index (χ1n) is 11.4. The number of anilines is 1. The van der Waals surface area contributed by atoms with Crippen LogP contribution in [0.3, 0.4) is 0 Å². The molecular formula is C27H22Cl2N4O2S2. The molecule has 2 aromatic carbocycles. The largest absolute Gasteiger partial charge is 0.367 e. The topological polar surface area (TPSA) is 78.1 Å². The molecule has 1 aromatic heterocycles. The van der Waals surface area contributed by atoms with Gasteiger partial charge in [-0.1, -0.05) is 83.6 Å². The second-order valence-electron chi connectivity index (χ2n) is 8.23. The van der Waals surface area contributed by atoms with E-state index < -0.39 is 5.56 Å². The normalized spacial score (nSPS) is 14.4. The lowest BCUT2D eigenvalue weighted by Crippen LogP contribution is -2.28. The number of rotatable bonds is 7. The minimum absolute atomic E-state index is 0.0305. The summed E-state index contributed by atoms with van der Waals surface area (Å²) in [5.74, 6) is 0.236. The van der Waals surface area contributed by atoms with Gasteiger partial charge in [-0.05, 0) is 48.7 Å². The van der Waals surface area contributed by atoms with Crippen LogP contribution in [0.5, 0.6) is 0 Å². The van der Waals surface area contributed by atoms with Gasteiger partial charge in [-0.2, -0.15) is 5.26 Å². The summed E-state index contributed by atoms with van der Waals surface area (Å²) in [5.41, 5.74) is 2.32. The average Bonchev–Trinajstić information content (AvgIpc) is 3.14. The fourth-order valence-electron chi connectivity index (χ4n) is 4.04. The third-order valence-electron chi connectivity index (χ3n) is 6.03. The van der Waals surface area contributed by atoms with Gasteiger partial charge >= 0.3 is 0 Å². The first kappa shape index (κ1) is 27.0. The van der Waals surface area contributed by atoms with E-state index in [0.717, 1.165) is 11.1 Å². The third kappa shape index (κ3) is 5.46. The second kappa shape index (κ2) is 11.5. The van der Waals surface area contributed by atoms with E-state index in [9.17, 15) is 14.9 Å². The van der Waals surface area contributed by atoms with Gasteiger partial charge in [0.25, 0.3) is 11.5 Å². The lowest BCUT2D eigenvalue weighted by Gasteiger charge is -2.20. The predicted molar refractivity (Wildman–Crippen MR) is 155 cm³/mol. The lowest BCUT2D eigenvalue weighted by molar-refractivity contribution is -0.122. The Morgan fingerprint density at radius 3 is 2.30 bits per heavy atom. The summed E-state index contributed by atoms with van der Waals surface area (Å²) < 4.78 is 1.90. The maximum absolute atomic E-state index is 13.4. The van der Waals surface area contributed by atoms with Crippen molar-refractivity contribution in [2.24, 2.45) is 0 Å². The van der Waals surface area contributed by atoms with Crippen molar-refractivity contribution in [2.75, 3.05) is 5.32 Å². The van der Waals surface area contributed by atoms with Gasteiger partial charge in [0.1, 0.15) is 21.8 Å². The SMILES string of the molecule is CCn1c(NCc2ccccc2Cl)c(/C=C2/SC(=S)N(Cc3ccccc3Cl)C2=O)c(C)c(C#N)c1=O. The maximum Gasteiger partial charge on any atom is 0.270 e. The highest BCUT2D eigenvalue weighted by Gasteiger charge is 2.33. The number of amides is 1. The fourth-order valence-corrected chi connectivity index (χ4v) is 5.68. The molecular weight excluding hydrogens is 547 g/mol. The van der Waals surface area contributed by atoms with E-state index >= 15 is 0 Å². The Bertz CT molecular complexity index is 1540. The number of hydrogen-bond donors (Lipinski definition) is 1. The number of halogens is 2. The molecule has 0 saturated carbocycles. The number of hydrogen-bond acceptors (Lipinski definition) is 6. The molecule has 1 fully saturated rings. The second-order valence-corrected chi connectivity index (χ2v) is 10.7. The maximum atomic E-state index is 13.4. The molecule has 0 aliphatic carbocycles. The number of carbonyl (C=O) groups excluding carboxylic acids is 1. The molecule has 10 heteroatoms. The number of aromatic nitrogens is 1. The Morgan fingerprint density at radius 2 is 1.70 bits per heavy atom. The zero-order valence-corrected chi connectivity index (χ0v) is 23.2. The number of nitrogens with zero attached hydrogens (tertiary/aromatic N) is 3. The summed E-state index contributed by atoms with van der Waals surface area (Å²) in [6, 6.07) is 16.7. The highest BCUT2D eigenvalue weighted by atomic mass is 35.5. The first-order chi connectivity index (χ1) is 17.8. The number of nitriles is 1. The molecule has 37 heavy (non-hydrogen) atoms. The quantitative estimate of drug-likeness (QED) is 0.263. The number of thiocarbonyl (C=S) groups is 1. The van der Waals surface area contributed by atoms with E-state index in [1.165, 1.54) is 21.2 Å². The fraction of sp³-hybridized carbons (Fsp3) is 0.185. The third-order valence-corrected chi connectivity index (χ3v) is 8.15. The van der Waals surface area contributed by atoms with Crippen molar-refractivity contribution >= 4 is 69.3 Å². The van der Waals surface area contributed by atoms with E-state index in [1.54, 1.807) is 25.1 Å². The van der Waals surface area contributed by atoms with Crippen LogP contribution in [0.4, 0.5) is 5.82 Å². The molecule has 0 spiro atoms. The monoisotopic (exact) mass is 568 g/mol. The van der Waals surface area contributed by atoms with Gasteiger partial charge in [0.05, 0.1) is 11.4 Å². The Hall–Kier alpha value is -3.09. The molecule has 1 N–H and O–H groups in total. The number of benzene rings is 2. The number of carbonyl (C=O) groups is 1. The van der Waals surface area contributed by atoms with Crippen molar-refractivity contribution in [3.63, 3.8) is 0 Å². The molecule has 6 nitrogen and oxygen atoms in total. The van der Waals surface area contributed by atoms with Gasteiger partial charge in [-0.25, -0.2) is 0 Å². The van der Waals surface area contributed by atoms with Crippen LogP contribution in [-0.2, 0) is 24.4 Å². The molecule has 1 amide bonds. The summed E-state index contributed by atoms with van der Waals surface area (Å²) in [4.78, 5) is 28.4. The Balaban J connectivity index is 1.77. The molecule has 0 bridgehead atoms. The summed E-state index contributed by atoms with van der Waals surface area (Å²) in [7, 11) is 0. The summed E-state index contributed by atoms with van der Waals surface area (Å²) in [5, 5.41) is 14.2. The van der Waals surface area contributed by atoms with Crippen LogP contribution in [0.1, 0.15) is 34.7 Å². The molecule has 0 atom stereocenters. The summed E-state index contributed by atoms with van der Waals surface area (Å²) in [6.07, 6.45) is 1.70. The van der Waals surface area contributed by atoms with Crippen molar-refractivity contribution in [2.45, 2.75) is 33.5 Å².